The number of rotatable bonds is 5. The third-order valence-corrected chi connectivity index (χ3v) is 3.55. The molecule has 6 heteroatoms. The van der Waals surface area contributed by atoms with Crippen LogP contribution < -0.4 is 10.6 Å². The van der Waals surface area contributed by atoms with Gasteiger partial charge in [0.15, 0.2) is 5.69 Å². The summed E-state index contributed by atoms with van der Waals surface area (Å²) in [6.07, 6.45) is 3.77. The molecule has 0 spiro atoms. The number of imidazole rings is 1. The fraction of sp³-hybridized carbons (Fsp3) is 0.438. The van der Waals surface area contributed by atoms with Gasteiger partial charge in [0.05, 0.1) is 5.52 Å². The summed E-state index contributed by atoms with van der Waals surface area (Å²) >= 11 is 0. The van der Waals surface area contributed by atoms with E-state index in [2.05, 4.69) is 15.6 Å². The molecule has 1 fully saturated rings. The predicted octanol–water partition coefficient (Wildman–Crippen LogP) is 1.61. The molecule has 116 valence electrons. The van der Waals surface area contributed by atoms with Crippen molar-refractivity contribution in [3.63, 3.8) is 0 Å². The lowest BCUT2D eigenvalue weighted by Crippen LogP contribution is -2.29. The van der Waals surface area contributed by atoms with Crippen molar-refractivity contribution in [2.24, 2.45) is 5.92 Å². The molecule has 0 radical (unpaired) electrons. The molecule has 2 aromatic rings. The lowest BCUT2D eigenvalue weighted by Gasteiger charge is -2.05. The molecule has 6 nitrogen and oxygen atoms in total. The Hall–Kier alpha value is -2.37. The second kappa shape index (κ2) is 5.79. The first-order valence-corrected chi connectivity index (χ1v) is 7.62. The van der Waals surface area contributed by atoms with Gasteiger partial charge in [0.1, 0.15) is 0 Å². The summed E-state index contributed by atoms with van der Waals surface area (Å²) < 4.78 is 1.67. The highest BCUT2D eigenvalue weighted by Gasteiger charge is 2.27. The van der Waals surface area contributed by atoms with Gasteiger partial charge in [-0.15, -0.1) is 0 Å². The van der Waals surface area contributed by atoms with Crippen molar-refractivity contribution in [3.05, 3.63) is 35.9 Å². The van der Waals surface area contributed by atoms with Crippen LogP contribution in [0.5, 0.6) is 0 Å². The Morgan fingerprint density at radius 2 is 2.09 bits per heavy atom. The zero-order valence-electron chi connectivity index (χ0n) is 12.8. The molecule has 0 atom stereocenters. The zero-order valence-corrected chi connectivity index (χ0v) is 12.8. The van der Waals surface area contributed by atoms with E-state index in [1.54, 1.807) is 16.7 Å². The molecule has 3 rings (SSSR count). The second-order valence-electron chi connectivity index (χ2n) is 6.09. The van der Waals surface area contributed by atoms with Crippen LogP contribution in [0.4, 0.5) is 0 Å². The van der Waals surface area contributed by atoms with E-state index in [-0.39, 0.29) is 23.7 Å². The van der Waals surface area contributed by atoms with E-state index < -0.39 is 0 Å². The fourth-order valence-corrected chi connectivity index (χ4v) is 2.22. The first kappa shape index (κ1) is 14.6. The highest BCUT2D eigenvalue weighted by atomic mass is 16.2. The highest BCUT2D eigenvalue weighted by molar-refractivity contribution is 6.02. The van der Waals surface area contributed by atoms with Crippen LogP contribution in [0.15, 0.2) is 24.4 Å². The first-order valence-electron chi connectivity index (χ1n) is 7.62. The number of carbonyl (C=O) groups is 2. The van der Waals surface area contributed by atoms with Crippen LogP contribution in [-0.2, 0) is 0 Å². The largest absolute Gasteiger partial charge is 0.350 e. The molecule has 0 aromatic carbocycles. The van der Waals surface area contributed by atoms with Gasteiger partial charge in [0, 0.05) is 18.8 Å². The lowest BCUT2D eigenvalue weighted by molar-refractivity contribution is 0.0940. The average Bonchev–Trinajstić information content (AvgIpc) is 3.22. The maximum Gasteiger partial charge on any atom is 0.287 e. The molecule has 2 N–H and O–H groups in total. The summed E-state index contributed by atoms with van der Waals surface area (Å²) in [5, 5.41) is 5.76. The van der Waals surface area contributed by atoms with E-state index in [0.717, 1.165) is 12.8 Å². The van der Waals surface area contributed by atoms with Crippen LogP contribution in [0.3, 0.4) is 0 Å². The monoisotopic (exact) mass is 300 g/mol. The van der Waals surface area contributed by atoms with Gasteiger partial charge in [-0.3, -0.25) is 14.0 Å². The summed E-state index contributed by atoms with van der Waals surface area (Å²) in [4.78, 5) is 28.9. The van der Waals surface area contributed by atoms with Gasteiger partial charge in [-0.1, -0.05) is 19.9 Å². The summed E-state index contributed by atoms with van der Waals surface area (Å²) in [6, 6.07) is 5.70. The van der Waals surface area contributed by atoms with Gasteiger partial charge in [-0.25, -0.2) is 4.98 Å². The highest BCUT2D eigenvalue weighted by Crippen LogP contribution is 2.20. The Bertz CT molecular complexity index is 716. The smallest absolute Gasteiger partial charge is 0.287 e. The number of fused-ring (bicyclic) bond motifs is 1. The van der Waals surface area contributed by atoms with E-state index in [1.807, 2.05) is 26.0 Å². The summed E-state index contributed by atoms with van der Waals surface area (Å²) in [6.45, 7) is 4.63. The Labute approximate surface area is 128 Å². The van der Waals surface area contributed by atoms with E-state index in [0.29, 0.717) is 23.7 Å². The number of aromatic nitrogens is 2. The average molecular weight is 300 g/mol. The molecule has 2 aromatic heterocycles. The Balaban J connectivity index is 1.92. The molecule has 1 aliphatic carbocycles. The van der Waals surface area contributed by atoms with Crippen molar-refractivity contribution in [1.29, 1.82) is 0 Å². The molecule has 1 aliphatic rings. The number of hydrogen-bond donors (Lipinski definition) is 2. The molecule has 2 amide bonds. The number of amides is 2. The second-order valence-corrected chi connectivity index (χ2v) is 6.09. The van der Waals surface area contributed by atoms with Crippen LogP contribution in [0.25, 0.3) is 5.52 Å². The molecular formula is C16H20N4O2. The minimum Gasteiger partial charge on any atom is -0.350 e. The molecule has 0 bridgehead atoms. The summed E-state index contributed by atoms with van der Waals surface area (Å²) in [5.74, 6) is 0.141. The maximum atomic E-state index is 12.3. The van der Waals surface area contributed by atoms with Crippen molar-refractivity contribution < 1.29 is 9.59 Å². The van der Waals surface area contributed by atoms with Gasteiger partial charge in [-0.05, 0) is 30.9 Å². The minimum atomic E-state index is -0.247. The van der Waals surface area contributed by atoms with E-state index >= 15 is 0 Å². The number of nitrogens with zero attached hydrogens (tertiary/aromatic N) is 2. The Morgan fingerprint density at radius 1 is 1.32 bits per heavy atom. The summed E-state index contributed by atoms with van der Waals surface area (Å²) in [5.41, 5.74) is 0.937. The third kappa shape index (κ3) is 2.95. The van der Waals surface area contributed by atoms with Crippen LogP contribution in [0.2, 0.25) is 0 Å². The van der Waals surface area contributed by atoms with E-state index in [9.17, 15) is 9.59 Å². The Morgan fingerprint density at radius 3 is 2.77 bits per heavy atom. The molecule has 2 heterocycles. The van der Waals surface area contributed by atoms with Crippen molar-refractivity contribution in [2.45, 2.75) is 32.7 Å². The van der Waals surface area contributed by atoms with E-state index in [4.69, 9.17) is 0 Å². The molecule has 0 aliphatic heterocycles. The van der Waals surface area contributed by atoms with Crippen LogP contribution in [-0.4, -0.2) is 33.8 Å². The quantitative estimate of drug-likeness (QED) is 0.881. The van der Waals surface area contributed by atoms with Gasteiger partial charge in [0.25, 0.3) is 11.8 Å². The standard InChI is InChI=1S/C16H20N4O2/c1-10(2)9-17-15(21)13-12-5-3-4-8-20(12)14(19-13)16(22)18-11-6-7-11/h3-5,8,10-11H,6-7,9H2,1-2H3,(H,17,21)(H,18,22). The van der Waals surface area contributed by atoms with Crippen molar-refractivity contribution in [1.82, 2.24) is 20.0 Å². The minimum absolute atomic E-state index is 0.230. The zero-order chi connectivity index (χ0) is 15.7. The van der Waals surface area contributed by atoms with Gasteiger partial charge in [-0.2, -0.15) is 0 Å². The number of nitrogens with one attached hydrogen (secondary N) is 2. The fourth-order valence-electron chi connectivity index (χ4n) is 2.22. The number of hydrogen-bond acceptors (Lipinski definition) is 3. The number of pyridine rings is 1. The molecule has 22 heavy (non-hydrogen) atoms. The first-order chi connectivity index (χ1) is 10.6. The third-order valence-electron chi connectivity index (χ3n) is 3.55. The molecule has 1 saturated carbocycles. The van der Waals surface area contributed by atoms with Crippen LogP contribution in [0.1, 0.15) is 47.8 Å². The Kier molecular flexibility index (Phi) is 3.83. The van der Waals surface area contributed by atoms with Gasteiger partial charge < -0.3 is 10.6 Å². The molecule has 0 unspecified atom stereocenters. The van der Waals surface area contributed by atoms with Crippen molar-refractivity contribution >= 4 is 17.3 Å². The van der Waals surface area contributed by atoms with Gasteiger partial charge >= 0.3 is 0 Å². The van der Waals surface area contributed by atoms with Crippen LogP contribution in [0, 0.1) is 5.92 Å². The lowest BCUT2D eigenvalue weighted by atomic mass is 10.2. The molecular weight excluding hydrogens is 280 g/mol. The molecule has 0 saturated heterocycles. The van der Waals surface area contributed by atoms with Crippen LogP contribution >= 0.6 is 0 Å². The maximum absolute atomic E-state index is 12.3. The summed E-state index contributed by atoms with van der Waals surface area (Å²) in [7, 11) is 0. The number of carbonyl (C=O) groups excluding carboxylic acids is 2. The van der Waals surface area contributed by atoms with E-state index in [1.165, 1.54) is 0 Å². The predicted molar refractivity (Wildman–Crippen MR) is 82.9 cm³/mol. The topological polar surface area (TPSA) is 75.5 Å². The normalized spacial score (nSPS) is 14.3. The SMILES string of the molecule is CC(C)CNC(=O)c1nc(C(=O)NC2CC2)n2ccccc12. The van der Waals surface area contributed by atoms with Gasteiger partial charge in [0.2, 0.25) is 5.82 Å². The van der Waals surface area contributed by atoms with Crippen molar-refractivity contribution in [2.75, 3.05) is 6.54 Å². The van der Waals surface area contributed by atoms with Crippen molar-refractivity contribution in [3.8, 4) is 0 Å².